The van der Waals surface area contributed by atoms with Crippen LogP contribution in [0.3, 0.4) is 0 Å². The Morgan fingerprint density at radius 2 is 2.37 bits per heavy atom. The van der Waals surface area contributed by atoms with E-state index in [-0.39, 0.29) is 5.56 Å². The van der Waals surface area contributed by atoms with Crippen LogP contribution < -0.4 is 4.90 Å². The average molecular weight is 262 g/mol. The summed E-state index contributed by atoms with van der Waals surface area (Å²) in [7, 11) is 1.68. The molecule has 0 saturated carbocycles. The van der Waals surface area contributed by atoms with Crippen LogP contribution in [-0.4, -0.2) is 42.9 Å². The number of methoxy groups -OCH3 is 1. The van der Waals surface area contributed by atoms with Crippen molar-refractivity contribution < 1.29 is 14.6 Å². The number of carbonyl (C=O) groups is 1. The van der Waals surface area contributed by atoms with Crippen molar-refractivity contribution in [1.29, 1.82) is 0 Å². The first-order chi connectivity index (χ1) is 9.11. The summed E-state index contributed by atoms with van der Waals surface area (Å²) < 4.78 is 5.11. The Morgan fingerprint density at radius 3 is 2.95 bits per heavy atom. The van der Waals surface area contributed by atoms with E-state index in [1.54, 1.807) is 7.11 Å². The second kappa shape index (κ2) is 5.84. The largest absolute Gasteiger partial charge is 0.478 e. The molecule has 0 spiro atoms. The Kier molecular flexibility index (Phi) is 4.16. The van der Waals surface area contributed by atoms with Crippen molar-refractivity contribution in [3.8, 4) is 0 Å². The first-order valence-electron chi connectivity index (χ1n) is 6.23. The molecule has 0 fully saturated rings. The third-order valence-electron chi connectivity index (χ3n) is 3.22. The van der Waals surface area contributed by atoms with E-state index in [9.17, 15) is 9.90 Å². The van der Waals surface area contributed by atoms with Crippen molar-refractivity contribution in [3.63, 3.8) is 0 Å². The van der Waals surface area contributed by atoms with E-state index < -0.39 is 5.97 Å². The normalized spacial score (nSPS) is 15.3. The molecule has 0 unspecified atom stereocenters. The fourth-order valence-corrected chi connectivity index (χ4v) is 2.22. The molecule has 0 atom stereocenters. The van der Waals surface area contributed by atoms with E-state index in [1.807, 2.05) is 13.0 Å². The number of pyridine rings is 1. The maximum absolute atomic E-state index is 11.2. The number of nitrogens with zero attached hydrogens (tertiary/aromatic N) is 2. The fourth-order valence-electron chi connectivity index (χ4n) is 2.22. The molecule has 19 heavy (non-hydrogen) atoms. The molecular formula is C14H18N2O3. The SMILES string of the molecule is COCC1=CCN(c2cc(C)ncc2C(=O)O)CC1. The standard InChI is InChI=1S/C14H18N2O3/c1-10-7-13(12(8-15-10)14(17)18)16-5-3-11(4-6-16)9-19-2/h3,7-8H,4-6,9H2,1-2H3,(H,17,18). The second-order valence-corrected chi connectivity index (χ2v) is 4.64. The van der Waals surface area contributed by atoms with Gasteiger partial charge in [-0.15, -0.1) is 0 Å². The number of aromatic nitrogens is 1. The number of carboxylic acids is 1. The molecule has 1 N–H and O–H groups in total. The van der Waals surface area contributed by atoms with Crippen molar-refractivity contribution in [3.05, 3.63) is 35.2 Å². The Morgan fingerprint density at radius 1 is 1.58 bits per heavy atom. The molecule has 1 aromatic heterocycles. The molecule has 5 nitrogen and oxygen atoms in total. The zero-order chi connectivity index (χ0) is 13.8. The van der Waals surface area contributed by atoms with Gasteiger partial charge in [-0.05, 0) is 25.0 Å². The molecule has 1 aliphatic heterocycles. The number of aromatic carboxylic acids is 1. The first kappa shape index (κ1) is 13.5. The minimum atomic E-state index is -0.936. The minimum absolute atomic E-state index is 0.259. The molecule has 0 bridgehead atoms. The van der Waals surface area contributed by atoms with Crippen LogP contribution in [0, 0.1) is 6.92 Å². The number of hydrogen-bond acceptors (Lipinski definition) is 4. The van der Waals surface area contributed by atoms with E-state index >= 15 is 0 Å². The molecule has 0 aromatic carbocycles. The Hall–Kier alpha value is -1.88. The van der Waals surface area contributed by atoms with Crippen LogP contribution in [0.4, 0.5) is 5.69 Å². The van der Waals surface area contributed by atoms with Crippen LogP contribution in [0.5, 0.6) is 0 Å². The molecule has 0 aliphatic carbocycles. The molecule has 1 aromatic rings. The summed E-state index contributed by atoms with van der Waals surface area (Å²) in [4.78, 5) is 17.4. The van der Waals surface area contributed by atoms with Crippen LogP contribution in [-0.2, 0) is 4.74 Å². The fraction of sp³-hybridized carbons (Fsp3) is 0.429. The van der Waals surface area contributed by atoms with Gasteiger partial charge in [-0.3, -0.25) is 4.98 Å². The zero-order valence-electron chi connectivity index (χ0n) is 11.2. The van der Waals surface area contributed by atoms with Crippen molar-refractivity contribution in [2.24, 2.45) is 0 Å². The number of rotatable bonds is 4. The van der Waals surface area contributed by atoms with Gasteiger partial charge in [-0.25, -0.2) is 4.79 Å². The number of anilines is 1. The number of ether oxygens (including phenoxy) is 1. The zero-order valence-corrected chi connectivity index (χ0v) is 11.2. The van der Waals surface area contributed by atoms with Gasteiger partial charge in [-0.1, -0.05) is 6.08 Å². The predicted octanol–water partition coefficient (Wildman–Crippen LogP) is 1.87. The number of aryl methyl sites for hydroxylation is 1. The lowest BCUT2D eigenvalue weighted by Gasteiger charge is -2.29. The molecule has 1 aliphatic rings. The Balaban J connectivity index is 2.23. The molecule has 0 radical (unpaired) electrons. The second-order valence-electron chi connectivity index (χ2n) is 4.64. The van der Waals surface area contributed by atoms with Gasteiger partial charge in [0.1, 0.15) is 5.56 Å². The lowest BCUT2D eigenvalue weighted by Crippen LogP contribution is -2.30. The highest BCUT2D eigenvalue weighted by molar-refractivity contribution is 5.94. The van der Waals surface area contributed by atoms with Gasteiger partial charge in [0.25, 0.3) is 0 Å². The van der Waals surface area contributed by atoms with Crippen LogP contribution in [0.2, 0.25) is 0 Å². The molecule has 102 valence electrons. The summed E-state index contributed by atoms with van der Waals surface area (Å²) in [6, 6.07) is 1.83. The summed E-state index contributed by atoms with van der Waals surface area (Å²) in [6.07, 6.45) is 4.43. The molecule has 2 rings (SSSR count). The summed E-state index contributed by atoms with van der Waals surface area (Å²) in [5, 5.41) is 9.22. The van der Waals surface area contributed by atoms with Crippen molar-refractivity contribution in [2.45, 2.75) is 13.3 Å². The third-order valence-corrected chi connectivity index (χ3v) is 3.22. The topological polar surface area (TPSA) is 62.7 Å². The van der Waals surface area contributed by atoms with Crippen molar-refractivity contribution in [1.82, 2.24) is 4.98 Å². The molecule has 0 amide bonds. The van der Waals surface area contributed by atoms with Crippen molar-refractivity contribution in [2.75, 3.05) is 31.7 Å². The summed E-state index contributed by atoms with van der Waals surface area (Å²) >= 11 is 0. The highest BCUT2D eigenvalue weighted by atomic mass is 16.5. The van der Waals surface area contributed by atoms with Crippen LogP contribution in [0.1, 0.15) is 22.5 Å². The quantitative estimate of drug-likeness (QED) is 0.839. The van der Waals surface area contributed by atoms with Gasteiger partial charge in [0, 0.05) is 32.1 Å². The average Bonchev–Trinajstić information content (AvgIpc) is 2.39. The smallest absolute Gasteiger partial charge is 0.339 e. The molecular weight excluding hydrogens is 244 g/mol. The lowest BCUT2D eigenvalue weighted by atomic mass is 10.1. The van der Waals surface area contributed by atoms with E-state index in [2.05, 4.69) is 16.0 Å². The third kappa shape index (κ3) is 3.12. The van der Waals surface area contributed by atoms with Gasteiger partial charge < -0.3 is 14.7 Å². The molecule has 2 heterocycles. The van der Waals surface area contributed by atoms with Gasteiger partial charge in [0.15, 0.2) is 0 Å². The van der Waals surface area contributed by atoms with E-state index in [1.165, 1.54) is 11.8 Å². The summed E-state index contributed by atoms with van der Waals surface area (Å²) in [5.41, 5.74) is 3.09. The lowest BCUT2D eigenvalue weighted by molar-refractivity contribution is 0.0697. The van der Waals surface area contributed by atoms with E-state index in [0.717, 1.165) is 24.3 Å². The minimum Gasteiger partial charge on any atom is -0.478 e. The highest BCUT2D eigenvalue weighted by Gasteiger charge is 2.19. The Bertz CT molecular complexity index is 511. The Labute approximate surface area is 112 Å². The maximum Gasteiger partial charge on any atom is 0.339 e. The van der Waals surface area contributed by atoms with Crippen LogP contribution in [0.25, 0.3) is 0 Å². The summed E-state index contributed by atoms with van der Waals surface area (Å²) in [6.45, 7) is 4.03. The van der Waals surface area contributed by atoms with Crippen LogP contribution in [0.15, 0.2) is 23.9 Å². The number of hydrogen-bond donors (Lipinski definition) is 1. The van der Waals surface area contributed by atoms with Gasteiger partial charge in [-0.2, -0.15) is 0 Å². The van der Waals surface area contributed by atoms with E-state index in [4.69, 9.17) is 4.74 Å². The van der Waals surface area contributed by atoms with Gasteiger partial charge in [0.2, 0.25) is 0 Å². The van der Waals surface area contributed by atoms with E-state index in [0.29, 0.717) is 13.2 Å². The monoisotopic (exact) mass is 262 g/mol. The number of carboxylic acid groups (broad SMARTS) is 1. The van der Waals surface area contributed by atoms with Crippen LogP contribution >= 0.6 is 0 Å². The highest BCUT2D eigenvalue weighted by Crippen LogP contribution is 2.24. The predicted molar refractivity (Wildman–Crippen MR) is 72.7 cm³/mol. The molecule has 5 heteroatoms. The van der Waals surface area contributed by atoms with Gasteiger partial charge >= 0.3 is 5.97 Å². The molecule has 0 saturated heterocycles. The first-order valence-corrected chi connectivity index (χ1v) is 6.23. The van der Waals surface area contributed by atoms with Gasteiger partial charge in [0.05, 0.1) is 12.3 Å². The van der Waals surface area contributed by atoms with Crippen molar-refractivity contribution >= 4 is 11.7 Å². The maximum atomic E-state index is 11.2. The summed E-state index contributed by atoms with van der Waals surface area (Å²) in [5.74, 6) is -0.936.